The second kappa shape index (κ2) is 7.22. The molecule has 2 aromatic rings. The Labute approximate surface area is 133 Å². The van der Waals surface area contributed by atoms with Crippen molar-refractivity contribution in [3.63, 3.8) is 0 Å². The van der Waals surface area contributed by atoms with Gasteiger partial charge in [0, 0.05) is 16.6 Å². The normalized spacial score (nSPS) is 10.2. The number of amides is 1. The summed E-state index contributed by atoms with van der Waals surface area (Å²) in [7, 11) is 0. The van der Waals surface area contributed by atoms with E-state index in [1.54, 1.807) is 6.20 Å². The number of nitrogens with zero attached hydrogens (tertiary/aromatic N) is 1. The first-order valence-electron chi connectivity index (χ1n) is 6.87. The average Bonchev–Trinajstić information content (AvgIpc) is 2.44. The van der Waals surface area contributed by atoms with E-state index in [-0.39, 0.29) is 5.91 Å². The minimum absolute atomic E-state index is 0.0174. The fraction of sp³-hybridized carbons (Fsp3) is 0.250. The highest BCUT2D eigenvalue weighted by molar-refractivity contribution is 9.10. The summed E-state index contributed by atoms with van der Waals surface area (Å²) >= 11 is 3.44. The average molecular weight is 348 g/mol. The molecule has 1 aromatic heterocycles. The van der Waals surface area contributed by atoms with Crippen LogP contribution in [0.15, 0.2) is 41.0 Å². The molecule has 0 aliphatic rings. The number of aryl methyl sites for hydroxylation is 1. The van der Waals surface area contributed by atoms with E-state index >= 15 is 0 Å². The predicted molar refractivity (Wildman–Crippen MR) is 89.9 cm³/mol. The summed E-state index contributed by atoms with van der Waals surface area (Å²) in [5.74, 6) is 0.762. The summed E-state index contributed by atoms with van der Waals surface area (Å²) in [5, 5.41) is 6.08. The van der Waals surface area contributed by atoms with Crippen molar-refractivity contribution in [3.8, 4) is 0 Å². The van der Waals surface area contributed by atoms with Crippen molar-refractivity contribution in [2.24, 2.45) is 0 Å². The van der Waals surface area contributed by atoms with Gasteiger partial charge < -0.3 is 10.6 Å². The molecule has 0 saturated heterocycles. The summed E-state index contributed by atoms with van der Waals surface area (Å²) in [5.41, 5.74) is 2.85. The molecule has 1 amide bonds. The van der Waals surface area contributed by atoms with Gasteiger partial charge in [0.15, 0.2) is 0 Å². The number of carbonyl (C=O) groups excluding carboxylic acids is 1. The monoisotopic (exact) mass is 347 g/mol. The van der Waals surface area contributed by atoms with Gasteiger partial charge in [-0.1, -0.05) is 22.9 Å². The number of rotatable bonds is 5. The quantitative estimate of drug-likeness (QED) is 0.828. The molecule has 0 unspecified atom stereocenters. The molecule has 0 saturated carbocycles. The van der Waals surface area contributed by atoms with Crippen LogP contribution in [0.1, 0.15) is 25.3 Å². The minimum atomic E-state index is 0.0174. The number of carbonyl (C=O) groups is 1. The number of nitrogens with one attached hydrogen (secondary N) is 2. The Hall–Kier alpha value is -1.88. The zero-order chi connectivity index (χ0) is 15.2. The zero-order valence-corrected chi connectivity index (χ0v) is 13.7. The fourth-order valence-corrected chi connectivity index (χ4v) is 2.37. The first-order valence-corrected chi connectivity index (χ1v) is 7.67. The molecular weight excluding hydrogens is 330 g/mol. The van der Waals surface area contributed by atoms with Crippen LogP contribution in [0.2, 0.25) is 0 Å². The summed E-state index contributed by atoms with van der Waals surface area (Å²) in [6.45, 7) is 4.01. The molecule has 0 atom stereocenters. The Bertz CT molecular complexity index is 626. The summed E-state index contributed by atoms with van der Waals surface area (Å²) in [4.78, 5) is 15.8. The highest BCUT2D eigenvalue weighted by Crippen LogP contribution is 2.23. The Morgan fingerprint density at radius 1 is 1.29 bits per heavy atom. The topological polar surface area (TPSA) is 54.0 Å². The van der Waals surface area contributed by atoms with Gasteiger partial charge in [-0.25, -0.2) is 4.98 Å². The summed E-state index contributed by atoms with van der Waals surface area (Å²) in [6.07, 6.45) is 3.02. The van der Waals surface area contributed by atoms with Crippen LogP contribution in [0, 0.1) is 6.92 Å². The maximum absolute atomic E-state index is 11.5. The number of aromatic nitrogens is 1. The summed E-state index contributed by atoms with van der Waals surface area (Å²) in [6, 6.07) is 9.72. The number of hydrogen-bond acceptors (Lipinski definition) is 3. The number of hydrogen-bond donors (Lipinski definition) is 2. The SMILES string of the molecule is CCCC(=O)Nc1ccc(Nc2ccc(Br)cc2C)nc1. The molecule has 4 nitrogen and oxygen atoms in total. The van der Waals surface area contributed by atoms with E-state index < -0.39 is 0 Å². The lowest BCUT2D eigenvalue weighted by molar-refractivity contribution is -0.116. The zero-order valence-electron chi connectivity index (χ0n) is 12.1. The van der Waals surface area contributed by atoms with Gasteiger partial charge in [-0.15, -0.1) is 0 Å². The largest absolute Gasteiger partial charge is 0.340 e. The van der Waals surface area contributed by atoms with E-state index in [4.69, 9.17) is 0 Å². The molecule has 2 N–H and O–H groups in total. The molecular formula is C16H18BrN3O. The van der Waals surface area contributed by atoms with Crippen molar-refractivity contribution >= 4 is 39.0 Å². The van der Waals surface area contributed by atoms with Gasteiger partial charge in [0.05, 0.1) is 11.9 Å². The standard InChI is InChI=1S/C16H18BrN3O/c1-3-4-16(21)19-13-6-8-15(18-10-13)20-14-7-5-12(17)9-11(14)2/h5-10H,3-4H2,1-2H3,(H,18,20)(H,19,21). The van der Waals surface area contributed by atoms with Crippen LogP contribution in [0.25, 0.3) is 0 Å². The number of benzene rings is 1. The Morgan fingerprint density at radius 2 is 2.10 bits per heavy atom. The van der Waals surface area contributed by atoms with Gasteiger partial charge in [-0.2, -0.15) is 0 Å². The number of anilines is 3. The first-order chi connectivity index (χ1) is 10.1. The molecule has 21 heavy (non-hydrogen) atoms. The van der Waals surface area contributed by atoms with E-state index in [1.807, 2.05) is 44.2 Å². The molecule has 110 valence electrons. The first kappa shape index (κ1) is 15.5. The Balaban J connectivity index is 2.03. The van der Waals surface area contributed by atoms with Gasteiger partial charge in [-0.05, 0) is 49.2 Å². The van der Waals surface area contributed by atoms with Gasteiger partial charge in [-0.3, -0.25) is 4.79 Å². The van der Waals surface area contributed by atoms with Gasteiger partial charge in [0.2, 0.25) is 5.91 Å². The van der Waals surface area contributed by atoms with Gasteiger partial charge in [0.1, 0.15) is 5.82 Å². The number of pyridine rings is 1. The van der Waals surface area contributed by atoms with Crippen molar-refractivity contribution in [1.29, 1.82) is 0 Å². The van der Waals surface area contributed by atoms with Crippen LogP contribution < -0.4 is 10.6 Å². The van der Waals surface area contributed by atoms with Crippen molar-refractivity contribution in [2.75, 3.05) is 10.6 Å². The second-order valence-electron chi connectivity index (χ2n) is 4.81. The van der Waals surface area contributed by atoms with Crippen LogP contribution in [0.3, 0.4) is 0 Å². The third kappa shape index (κ3) is 4.56. The minimum Gasteiger partial charge on any atom is -0.340 e. The van der Waals surface area contributed by atoms with Crippen molar-refractivity contribution in [2.45, 2.75) is 26.7 Å². The lowest BCUT2D eigenvalue weighted by atomic mass is 10.2. The van der Waals surface area contributed by atoms with Gasteiger partial charge >= 0.3 is 0 Å². The van der Waals surface area contributed by atoms with Crippen molar-refractivity contribution in [1.82, 2.24) is 4.98 Å². The molecule has 0 fully saturated rings. The van der Waals surface area contributed by atoms with Crippen LogP contribution in [-0.4, -0.2) is 10.9 Å². The maximum atomic E-state index is 11.5. The predicted octanol–water partition coefficient (Wildman–Crippen LogP) is 4.63. The van der Waals surface area contributed by atoms with E-state index in [0.29, 0.717) is 12.1 Å². The van der Waals surface area contributed by atoms with Crippen LogP contribution in [0.5, 0.6) is 0 Å². The lowest BCUT2D eigenvalue weighted by Crippen LogP contribution is -2.10. The van der Waals surface area contributed by atoms with Crippen LogP contribution >= 0.6 is 15.9 Å². The Kier molecular flexibility index (Phi) is 5.33. The molecule has 0 bridgehead atoms. The summed E-state index contributed by atoms with van der Waals surface area (Å²) < 4.78 is 1.05. The van der Waals surface area contributed by atoms with E-state index in [9.17, 15) is 4.79 Å². The molecule has 1 aromatic carbocycles. The van der Waals surface area contributed by atoms with Crippen LogP contribution in [-0.2, 0) is 4.79 Å². The highest BCUT2D eigenvalue weighted by atomic mass is 79.9. The lowest BCUT2D eigenvalue weighted by Gasteiger charge is -2.10. The molecule has 0 aliphatic heterocycles. The molecule has 2 rings (SSSR count). The van der Waals surface area contributed by atoms with Crippen LogP contribution in [0.4, 0.5) is 17.2 Å². The second-order valence-corrected chi connectivity index (χ2v) is 5.73. The molecule has 0 radical (unpaired) electrons. The highest BCUT2D eigenvalue weighted by Gasteiger charge is 2.03. The van der Waals surface area contributed by atoms with E-state index in [2.05, 4.69) is 31.5 Å². The van der Waals surface area contributed by atoms with Crippen molar-refractivity contribution < 1.29 is 4.79 Å². The van der Waals surface area contributed by atoms with E-state index in [1.165, 1.54) is 0 Å². The smallest absolute Gasteiger partial charge is 0.224 e. The molecule has 0 aliphatic carbocycles. The van der Waals surface area contributed by atoms with E-state index in [0.717, 1.165) is 28.0 Å². The number of halogens is 1. The third-order valence-corrected chi connectivity index (χ3v) is 3.47. The van der Waals surface area contributed by atoms with Crippen molar-refractivity contribution in [3.05, 3.63) is 46.6 Å². The Morgan fingerprint density at radius 3 is 2.71 bits per heavy atom. The fourth-order valence-electron chi connectivity index (χ4n) is 1.90. The third-order valence-electron chi connectivity index (χ3n) is 2.98. The van der Waals surface area contributed by atoms with Gasteiger partial charge in [0.25, 0.3) is 0 Å². The molecule has 1 heterocycles. The molecule has 5 heteroatoms. The molecule has 0 spiro atoms. The maximum Gasteiger partial charge on any atom is 0.224 e.